The summed E-state index contributed by atoms with van der Waals surface area (Å²) in [5.74, 6) is -1.11. The maximum Gasteiger partial charge on any atom is 1.00 e. The van der Waals surface area contributed by atoms with Gasteiger partial charge in [-0.25, -0.2) is 8.42 Å². The summed E-state index contributed by atoms with van der Waals surface area (Å²) >= 11 is 0. The molecule has 0 saturated carbocycles. The zero-order valence-corrected chi connectivity index (χ0v) is 24.0. The molecule has 4 aromatic rings. The molecule has 140 valence electrons. The molecule has 0 unspecified atom stereocenters. The van der Waals surface area contributed by atoms with Gasteiger partial charge in [-0.1, -0.05) is 66.1 Å². The standard InChI is InChI=1S/C20H14N2O5S.3Na/c23-17-11-18(28(25,26)27)14-7-3-4-8-15(14)19(17)22-21-16-10-9-12-5-1-2-6-13(12)20(16)24;;;/h1-11,23-24H,(H,25,26,27);;;/q;3*+1/p-3. The number of fused-ring (bicyclic) bond motifs is 2. The van der Waals surface area contributed by atoms with Gasteiger partial charge in [0.25, 0.3) is 0 Å². The third kappa shape index (κ3) is 5.90. The molecule has 0 bridgehead atoms. The predicted octanol–water partition coefficient (Wildman–Crippen LogP) is -5.53. The van der Waals surface area contributed by atoms with Gasteiger partial charge in [-0.3, -0.25) is 0 Å². The van der Waals surface area contributed by atoms with Gasteiger partial charge >= 0.3 is 88.7 Å². The number of azo groups is 1. The normalized spacial score (nSPS) is 11.0. The Morgan fingerprint density at radius 2 is 1.29 bits per heavy atom. The van der Waals surface area contributed by atoms with Crippen molar-refractivity contribution in [1.29, 1.82) is 0 Å². The molecule has 0 aromatic heterocycles. The Morgan fingerprint density at radius 1 is 0.710 bits per heavy atom. The molecule has 0 heterocycles. The summed E-state index contributed by atoms with van der Waals surface area (Å²) in [4.78, 5) is -0.609. The van der Waals surface area contributed by atoms with Crippen LogP contribution in [0.25, 0.3) is 21.5 Å². The summed E-state index contributed by atoms with van der Waals surface area (Å²) in [5, 5.41) is 34.2. The first-order chi connectivity index (χ1) is 13.4. The number of rotatable bonds is 3. The van der Waals surface area contributed by atoms with E-state index in [9.17, 15) is 23.2 Å². The zero-order chi connectivity index (χ0) is 19.9. The summed E-state index contributed by atoms with van der Waals surface area (Å²) in [5.41, 5.74) is -0.0988. The molecule has 4 rings (SSSR count). The third-order valence-electron chi connectivity index (χ3n) is 4.33. The molecule has 0 fully saturated rings. The van der Waals surface area contributed by atoms with Crippen LogP contribution in [0, 0.1) is 0 Å². The molecule has 0 aliphatic rings. The van der Waals surface area contributed by atoms with Gasteiger partial charge in [-0.15, -0.1) is 0 Å². The monoisotopic (exact) mass is 460 g/mol. The molecular weight excluding hydrogens is 449 g/mol. The smallest absolute Gasteiger partial charge is 0.871 e. The number of hydrogen-bond acceptors (Lipinski definition) is 7. The predicted molar refractivity (Wildman–Crippen MR) is 98.9 cm³/mol. The van der Waals surface area contributed by atoms with Crippen LogP contribution in [0.5, 0.6) is 11.5 Å². The second kappa shape index (κ2) is 11.6. The van der Waals surface area contributed by atoms with Crippen LogP contribution in [0.2, 0.25) is 0 Å². The Balaban J connectivity index is 0.00000160. The second-order valence-electron chi connectivity index (χ2n) is 6.06. The van der Waals surface area contributed by atoms with Gasteiger partial charge in [-0.05, 0) is 22.9 Å². The van der Waals surface area contributed by atoms with Gasteiger partial charge in [0, 0.05) is 10.8 Å². The van der Waals surface area contributed by atoms with E-state index in [1.165, 1.54) is 18.2 Å². The van der Waals surface area contributed by atoms with Crippen molar-refractivity contribution >= 4 is 43.0 Å². The average Bonchev–Trinajstić information content (AvgIpc) is 2.67. The molecule has 31 heavy (non-hydrogen) atoms. The summed E-state index contributed by atoms with van der Waals surface area (Å²) in [7, 11) is -4.84. The van der Waals surface area contributed by atoms with Crippen LogP contribution in [0.15, 0.2) is 81.9 Å². The molecule has 7 nitrogen and oxygen atoms in total. The van der Waals surface area contributed by atoms with E-state index in [4.69, 9.17) is 0 Å². The molecule has 4 aromatic carbocycles. The fraction of sp³-hybridized carbons (Fsp3) is 0. The Hall–Kier alpha value is -0.490. The van der Waals surface area contributed by atoms with E-state index in [1.54, 1.807) is 36.4 Å². The largest absolute Gasteiger partial charge is 1.00 e. The fourth-order valence-corrected chi connectivity index (χ4v) is 3.73. The number of nitrogens with zero attached hydrogens (tertiary/aromatic N) is 2. The summed E-state index contributed by atoms with van der Waals surface area (Å²) in [6.07, 6.45) is 0. The first kappa shape index (κ1) is 28.5. The second-order valence-corrected chi connectivity index (χ2v) is 7.40. The van der Waals surface area contributed by atoms with E-state index in [2.05, 4.69) is 10.2 Å². The quantitative estimate of drug-likeness (QED) is 0.171. The van der Waals surface area contributed by atoms with Crippen molar-refractivity contribution in [3.63, 3.8) is 0 Å². The van der Waals surface area contributed by atoms with Gasteiger partial charge in [0.15, 0.2) is 0 Å². The van der Waals surface area contributed by atoms with E-state index in [0.29, 0.717) is 5.39 Å². The van der Waals surface area contributed by atoms with Gasteiger partial charge in [0.05, 0.1) is 16.3 Å². The Labute approximate surface area is 245 Å². The summed E-state index contributed by atoms with van der Waals surface area (Å²) < 4.78 is 34.4. The van der Waals surface area contributed by atoms with E-state index < -0.39 is 20.8 Å². The molecule has 11 heteroatoms. The maximum absolute atomic E-state index is 12.5. The van der Waals surface area contributed by atoms with Crippen molar-refractivity contribution in [1.82, 2.24) is 0 Å². The van der Waals surface area contributed by atoms with E-state index in [-0.39, 0.29) is 117 Å². The average molecular weight is 460 g/mol. The van der Waals surface area contributed by atoms with Crippen LogP contribution in [0.1, 0.15) is 0 Å². The van der Waals surface area contributed by atoms with Crippen LogP contribution in [0.3, 0.4) is 0 Å². The minimum Gasteiger partial charge on any atom is -0.871 e. The maximum atomic E-state index is 12.5. The van der Waals surface area contributed by atoms with Gasteiger partial charge < -0.3 is 14.8 Å². The van der Waals surface area contributed by atoms with Crippen molar-refractivity contribution in [2.24, 2.45) is 10.2 Å². The molecule has 0 amide bonds. The first-order valence-corrected chi connectivity index (χ1v) is 9.56. The topological polar surface area (TPSA) is 128 Å². The molecule has 0 atom stereocenters. The van der Waals surface area contributed by atoms with Gasteiger partial charge in [-0.2, -0.15) is 10.2 Å². The number of hydrogen-bond donors (Lipinski definition) is 0. The molecule has 0 aliphatic carbocycles. The first-order valence-electron chi connectivity index (χ1n) is 8.15. The van der Waals surface area contributed by atoms with Crippen molar-refractivity contribution < 1.29 is 112 Å². The minimum absolute atomic E-state index is 0. The van der Waals surface area contributed by atoms with Crippen molar-refractivity contribution in [3.8, 4) is 11.5 Å². The molecule has 0 N–H and O–H groups in total. The van der Waals surface area contributed by atoms with Gasteiger partial charge in [0.1, 0.15) is 10.1 Å². The fourth-order valence-electron chi connectivity index (χ4n) is 3.03. The molecule has 0 radical (unpaired) electrons. The van der Waals surface area contributed by atoms with Crippen LogP contribution in [0.4, 0.5) is 11.4 Å². The third-order valence-corrected chi connectivity index (χ3v) is 5.21. The van der Waals surface area contributed by atoms with Crippen molar-refractivity contribution in [3.05, 3.63) is 66.7 Å². The Morgan fingerprint density at radius 3 is 1.94 bits per heavy atom. The molecule has 0 saturated heterocycles. The van der Waals surface area contributed by atoms with Crippen molar-refractivity contribution in [2.75, 3.05) is 0 Å². The van der Waals surface area contributed by atoms with Crippen molar-refractivity contribution in [2.45, 2.75) is 4.90 Å². The summed E-state index contributed by atoms with van der Waals surface area (Å²) in [6, 6.07) is 17.0. The number of benzene rings is 4. The molecule has 0 aliphatic heterocycles. The molecular formula is C20H11N2Na3O5S. The van der Waals surface area contributed by atoms with E-state index in [1.807, 2.05) is 6.07 Å². The van der Waals surface area contributed by atoms with Crippen LogP contribution < -0.4 is 98.9 Å². The van der Waals surface area contributed by atoms with Gasteiger partial charge in [0.2, 0.25) is 0 Å². The van der Waals surface area contributed by atoms with E-state index >= 15 is 0 Å². The minimum atomic E-state index is -4.84. The SMILES string of the molecule is O=S(=O)([O-])c1cc([O-])c(N=Nc2ccc3ccccc3c2[O-])c2ccccc12.[Na+].[Na+].[Na+]. The van der Waals surface area contributed by atoms with Crippen LogP contribution in [-0.4, -0.2) is 13.0 Å². The Bertz CT molecular complexity index is 1380. The van der Waals surface area contributed by atoms with E-state index in [0.717, 1.165) is 11.5 Å². The Kier molecular flexibility index (Phi) is 10.7. The van der Waals surface area contributed by atoms with Crippen LogP contribution >= 0.6 is 0 Å². The molecule has 0 spiro atoms. The summed E-state index contributed by atoms with van der Waals surface area (Å²) in [6.45, 7) is 0. The van der Waals surface area contributed by atoms with Crippen LogP contribution in [-0.2, 0) is 10.1 Å². The zero-order valence-electron chi connectivity index (χ0n) is 17.2.